The fourth-order valence-corrected chi connectivity index (χ4v) is 3.36. The van der Waals surface area contributed by atoms with Crippen LogP contribution in [0, 0.1) is 22.6 Å². The smallest absolute Gasteiger partial charge is 0.141 e. The molecule has 2 nitrogen and oxygen atoms in total. The highest BCUT2D eigenvalue weighted by atomic mass is 19.1. The topological polar surface area (TPSA) is 27.0 Å². The van der Waals surface area contributed by atoms with Crippen LogP contribution in [0.2, 0.25) is 0 Å². The van der Waals surface area contributed by atoms with Crippen LogP contribution in [0.4, 0.5) is 10.1 Å². The molecule has 94 valence electrons. The van der Waals surface area contributed by atoms with E-state index in [1.54, 1.807) is 12.1 Å². The summed E-state index contributed by atoms with van der Waals surface area (Å²) in [5, 5.41) is 8.85. The van der Waals surface area contributed by atoms with E-state index in [4.69, 9.17) is 5.26 Å². The molecule has 0 bridgehead atoms. The van der Waals surface area contributed by atoms with Crippen molar-refractivity contribution in [3.05, 3.63) is 29.6 Å². The lowest BCUT2D eigenvalue weighted by molar-refractivity contribution is 0.139. The fourth-order valence-electron chi connectivity index (χ4n) is 3.36. The van der Waals surface area contributed by atoms with Gasteiger partial charge in [0.15, 0.2) is 0 Å². The maximum absolute atomic E-state index is 13.3. The van der Waals surface area contributed by atoms with Crippen molar-refractivity contribution < 1.29 is 4.39 Å². The number of anilines is 1. The zero-order valence-corrected chi connectivity index (χ0v) is 10.5. The van der Waals surface area contributed by atoms with E-state index >= 15 is 0 Å². The lowest BCUT2D eigenvalue weighted by Crippen LogP contribution is -2.57. The number of hydrogen-bond acceptors (Lipinski definition) is 2. The minimum atomic E-state index is -0.422. The van der Waals surface area contributed by atoms with Crippen LogP contribution in [0.15, 0.2) is 18.2 Å². The van der Waals surface area contributed by atoms with E-state index in [0.717, 1.165) is 18.8 Å². The summed E-state index contributed by atoms with van der Waals surface area (Å²) in [6.07, 6.45) is 6.73. The first-order valence-corrected chi connectivity index (χ1v) is 6.67. The molecule has 0 unspecified atom stereocenters. The highest BCUT2D eigenvalue weighted by Gasteiger charge is 2.43. The Balaban J connectivity index is 1.73. The minimum absolute atomic E-state index is 0.150. The maximum Gasteiger partial charge on any atom is 0.141 e. The summed E-state index contributed by atoms with van der Waals surface area (Å²) in [4.78, 5) is 2.27. The van der Waals surface area contributed by atoms with Crippen molar-refractivity contribution in [1.82, 2.24) is 0 Å². The molecule has 2 fully saturated rings. The van der Waals surface area contributed by atoms with Crippen molar-refractivity contribution >= 4 is 5.69 Å². The number of nitrogens with zero attached hydrogens (tertiary/aromatic N) is 2. The van der Waals surface area contributed by atoms with E-state index in [1.807, 2.05) is 6.07 Å². The standard InChI is InChI=1S/C15H17FN2/c16-14-5-4-13(8-12(14)9-17)18-10-15(11-18)6-2-1-3-7-15/h4-5,8H,1-3,6-7,10-11H2. The molecular formula is C15H17FN2. The molecule has 0 radical (unpaired) electrons. The van der Waals surface area contributed by atoms with Crippen LogP contribution in [0.3, 0.4) is 0 Å². The minimum Gasteiger partial charge on any atom is -0.370 e. The van der Waals surface area contributed by atoms with Crippen molar-refractivity contribution in [2.24, 2.45) is 5.41 Å². The predicted molar refractivity (Wildman–Crippen MR) is 68.8 cm³/mol. The summed E-state index contributed by atoms with van der Waals surface area (Å²) < 4.78 is 13.3. The molecule has 1 aromatic rings. The Morgan fingerprint density at radius 3 is 2.56 bits per heavy atom. The second-order valence-electron chi connectivity index (χ2n) is 5.69. The van der Waals surface area contributed by atoms with E-state index in [0.29, 0.717) is 5.41 Å². The molecule has 0 aromatic heterocycles. The van der Waals surface area contributed by atoms with Crippen LogP contribution >= 0.6 is 0 Å². The van der Waals surface area contributed by atoms with Gasteiger partial charge in [0, 0.05) is 24.2 Å². The molecule has 0 N–H and O–H groups in total. The highest BCUT2D eigenvalue weighted by Crippen LogP contribution is 2.45. The number of nitriles is 1. The Kier molecular flexibility index (Phi) is 2.74. The largest absolute Gasteiger partial charge is 0.370 e. The zero-order chi connectivity index (χ0) is 12.6. The van der Waals surface area contributed by atoms with Gasteiger partial charge in [0.1, 0.15) is 11.9 Å². The van der Waals surface area contributed by atoms with Crippen LogP contribution in [0.5, 0.6) is 0 Å². The van der Waals surface area contributed by atoms with Gasteiger partial charge in [-0.15, -0.1) is 0 Å². The van der Waals surface area contributed by atoms with Gasteiger partial charge in [-0.05, 0) is 31.0 Å². The van der Waals surface area contributed by atoms with Crippen LogP contribution in [-0.4, -0.2) is 13.1 Å². The average Bonchev–Trinajstić information content (AvgIpc) is 2.37. The highest BCUT2D eigenvalue weighted by molar-refractivity contribution is 5.54. The van der Waals surface area contributed by atoms with Gasteiger partial charge in [-0.2, -0.15) is 5.26 Å². The molecule has 2 aliphatic rings. The molecule has 1 aliphatic carbocycles. The molecule has 18 heavy (non-hydrogen) atoms. The number of benzene rings is 1. The second-order valence-corrected chi connectivity index (χ2v) is 5.69. The maximum atomic E-state index is 13.3. The summed E-state index contributed by atoms with van der Waals surface area (Å²) in [5.41, 5.74) is 1.65. The van der Waals surface area contributed by atoms with Gasteiger partial charge in [-0.3, -0.25) is 0 Å². The SMILES string of the molecule is N#Cc1cc(N2CC3(CCCCC3)C2)ccc1F. The van der Waals surface area contributed by atoms with Gasteiger partial charge in [-0.25, -0.2) is 4.39 Å². The normalized spacial score (nSPS) is 21.4. The van der Waals surface area contributed by atoms with Crippen molar-refractivity contribution in [3.8, 4) is 6.07 Å². The molecule has 1 aromatic carbocycles. The molecule has 3 rings (SSSR count). The second kappa shape index (κ2) is 4.28. The molecule has 1 aliphatic heterocycles. The Morgan fingerprint density at radius 1 is 1.17 bits per heavy atom. The van der Waals surface area contributed by atoms with E-state index in [2.05, 4.69) is 4.90 Å². The zero-order valence-electron chi connectivity index (χ0n) is 10.5. The summed E-state index contributed by atoms with van der Waals surface area (Å²) in [5.74, 6) is -0.422. The first-order chi connectivity index (χ1) is 8.72. The van der Waals surface area contributed by atoms with Crippen molar-refractivity contribution in [2.45, 2.75) is 32.1 Å². The molecule has 0 amide bonds. The average molecular weight is 244 g/mol. The Hall–Kier alpha value is -1.56. The van der Waals surface area contributed by atoms with Gasteiger partial charge in [0.25, 0.3) is 0 Å². The Labute approximate surface area is 107 Å². The molecule has 1 spiro atoms. The third-order valence-corrected chi connectivity index (χ3v) is 4.40. The van der Waals surface area contributed by atoms with E-state index < -0.39 is 5.82 Å². The van der Waals surface area contributed by atoms with Crippen molar-refractivity contribution in [1.29, 1.82) is 5.26 Å². The Bertz CT molecular complexity index is 490. The first-order valence-electron chi connectivity index (χ1n) is 6.67. The number of halogens is 1. The number of hydrogen-bond donors (Lipinski definition) is 0. The Morgan fingerprint density at radius 2 is 1.89 bits per heavy atom. The predicted octanol–water partition coefficient (Wildman–Crippen LogP) is 3.47. The molecule has 3 heteroatoms. The van der Waals surface area contributed by atoms with Crippen LogP contribution in [0.1, 0.15) is 37.7 Å². The van der Waals surface area contributed by atoms with Crippen LogP contribution in [-0.2, 0) is 0 Å². The summed E-state index contributed by atoms with van der Waals surface area (Å²) in [6.45, 7) is 2.15. The van der Waals surface area contributed by atoms with Gasteiger partial charge >= 0.3 is 0 Å². The lowest BCUT2D eigenvalue weighted by Gasteiger charge is -2.53. The lowest BCUT2D eigenvalue weighted by atomic mass is 9.68. The van der Waals surface area contributed by atoms with E-state index in [-0.39, 0.29) is 5.56 Å². The monoisotopic (exact) mass is 244 g/mol. The van der Waals surface area contributed by atoms with E-state index in [1.165, 1.54) is 38.2 Å². The summed E-state index contributed by atoms with van der Waals surface area (Å²) in [6, 6.07) is 6.77. The van der Waals surface area contributed by atoms with Gasteiger partial charge < -0.3 is 4.90 Å². The van der Waals surface area contributed by atoms with Crippen LogP contribution in [0.25, 0.3) is 0 Å². The number of rotatable bonds is 1. The third kappa shape index (κ3) is 1.86. The van der Waals surface area contributed by atoms with Crippen molar-refractivity contribution in [2.75, 3.05) is 18.0 Å². The third-order valence-electron chi connectivity index (χ3n) is 4.40. The van der Waals surface area contributed by atoms with Gasteiger partial charge in [-0.1, -0.05) is 19.3 Å². The molecular weight excluding hydrogens is 227 g/mol. The summed E-state index contributed by atoms with van der Waals surface area (Å²) >= 11 is 0. The first kappa shape index (κ1) is 11.5. The molecule has 1 saturated carbocycles. The van der Waals surface area contributed by atoms with Gasteiger partial charge in [0.2, 0.25) is 0 Å². The van der Waals surface area contributed by atoms with Gasteiger partial charge in [0.05, 0.1) is 5.56 Å². The summed E-state index contributed by atoms with van der Waals surface area (Å²) in [7, 11) is 0. The van der Waals surface area contributed by atoms with Crippen molar-refractivity contribution in [3.63, 3.8) is 0 Å². The quantitative estimate of drug-likeness (QED) is 0.756. The van der Waals surface area contributed by atoms with Crippen LogP contribution < -0.4 is 4.90 Å². The molecule has 0 atom stereocenters. The fraction of sp³-hybridized carbons (Fsp3) is 0.533. The van der Waals surface area contributed by atoms with E-state index in [9.17, 15) is 4.39 Å². The molecule has 1 heterocycles. The molecule has 1 saturated heterocycles.